The predicted molar refractivity (Wildman–Crippen MR) is 106 cm³/mol. The van der Waals surface area contributed by atoms with Gasteiger partial charge in [-0.2, -0.15) is 0 Å². The average molecular weight is 372 g/mol. The maximum absolute atomic E-state index is 13.2. The van der Waals surface area contributed by atoms with Crippen LogP contribution in [0.3, 0.4) is 0 Å². The van der Waals surface area contributed by atoms with Gasteiger partial charge in [0.15, 0.2) is 11.6 Å². The summed E-state index contributed by atoms with van der Waals surface area (Å²) in [6.45, 7) is 1.94. The highest BCUT2D eigenvalue weighted by molar-refractivity contribution is 6.32. The molecule has 0 radical (unpaired) electrons. The molecular weight excluding hydrogens is 356 g/mol. The summed E-state index contributed by atoms with van der Waals surface area (Å²) in [5, 5.41) is 12.6. The lowest BCUT2D eigenvalue weighted by molar-refractivity contribution is 0.0697. The van der Waals surface area contributed by atoms with E-state index in [1.165, 1.54) is 6.07 Å². The minimum Gasteiger partial charge on any atom is -0.478 e. The van der Waals surface area contributed by atoms with Crippen LogP contribution in [0.2, 0.25) is 0 Å². The van der Waals surface area contributed by atoms with Crippen molar-refractivity contribution >= 4 is 34.6 Å². The smallest absolute Gasteiger partial charge is 0.337 e. The quantitative estimate of drug-likeness (QED) is 0.472. The number of rotatable bonds is 3. The normalized spacial score (nSPS) is 12.3. The Morgan fingerprint density at radius 1 is 0.929 bits per heavy atom. The van der Waals surface area contributed by atoms with E-state index in [0.717, 1.165) is 5.56 Å². The Morgan fingerprint density at radius 2 is 1.50 bits per heavy atom. The number of ketones is 2. The second kappa shape index (κ2) is 6.35. The summed E-state index contributed by atoms with van der Waals surface area (Å²) in [7, 11) is 0. The van der Waals surface area contributed by atoms with E-state index in [2.05, 4.69) is 5.32 Å². The van der Waals surface area contributed by atoms with E-state index in [-0.39, 0.29) is 45.0 Å². The fraction of sp³-hybridized carbons (Fsp3) is 0.0455. The number of fused-ring (bicyclic) bond motifs is 2. The molecule has 0 aromatic heterocycles. The summed E-state index contributed by atoms with van der Waals surface area (Å²) >= 11 is 0. The highest BCUT2D eigenvalue weighted by Gasteiger charge is 2.35. The van der Waals surface area contributed by atoms with E-state index in [0.29, 0.717) is 5.69 Å². The first kappa shape index (κ1) is 17.5. The largest absolute Gasteiger partial charge is 0.478 e. The van der Waals surface area contributed by atoms with Crippen molar-refractivity contribution in [1.29, 1.82) is 0 Å². The molecule has 1 aliphatic carbocycles. The molecule has 0 spiro atoms. The number of aryl methyl sites for hydroxylation is 1. The third kappa shape index (κ3) is 2.63. The van der Waals surface area contributed by atoms with Crippen LogP contribution in [0.15, 0.2) is 54.6 Å². The zero-order valence-corrected chi connectivity index (χ0v) is 14.9. The number of carbonyl (C=O) groups is 3. The molecule has 3 aromatic carbocycles. The summed E-state index contributed by atoms with van der Waals surface area (Å²) in [5.41, 5.74) is 8.04. The molecule has 0 heterocycles. The second-order valence-electron chi connectivity index (χ2n) is 6.64. The zero-order valence-electron chi connectivity index (χ0n) is 14.9. The van der Waals surface area contributed by atoms with Crippen LogP contribution in [0.4, 0.5) is 17.1 Å². The number of nitrogens with one attached hydrogen (secondary N) is 1. The monoisotopic (exact) mass is 372 g/mol. The van der Waals surface area contributed by atoms with Crippen LogP contribution >= 0.6 is 0 Å². The molecule has 0 bridgehead atoms. The first-order valence-corrected chi connectivity index (χ1v) is 8.60. The number of hydrogen-bond donors (Lipinski definition) is 3. The van der Waals surface area contributed by atoms with Crippen LogP contribution in [-0.2, 0) is 0 Å². The summed E-state index contributed by atoms with van der Waals surface area (Å²) in [4.78, 5) is 37.9. The summed E-state index contributed by atoms with van der Waals surface area (Å²) < 4.78 is 0. The lowest BCUT2D eigenvalue weighted by atomic mass is 9.81. The summed E-state index contributed by atoms with van der Waals surface area (Å²) in [5.74, 6) is -2.10. The molecule has 0 amide bonds. The topological polar surface area (TPSA) is 109 Å². The average Bonchev–Trinajstić information content (AvgIpc) is 2.68. The molecule has 6 nitrogen and oxygen atoms in total. The number of anilines is 3. The molecule has 6 heteroatoms. The van der Waals surface area contributed by atoms with E-state index in [9.17, 15) is 19.5 Å². The van der Waals surface area contributed by atoms with Gasteiger partial charge in [0, 0.05) is 16.8 Å². The number of nitrogen functional groups attached to an aromatic ring is 1. The molecule has 0 aliphatic heterocycles. The van der Waals surface area contributed by atoms with Gasteiger partial charge in [0.05, 0.1) is 28.1 Å². The van der Waals surface area contributed by atoms with Crippen molar-refractivity contribution < 1.29 is 19.5 Å². The Labute approximate surface area is 160 Å². The predicted octanol–water partition coefficient (Wildman–Crippen LogP) is 3.79. The Bertz CT molecular complexity index is 1160. The standard InChI is InChI=1S/C22H16N2O4/c1-11-6-8-12(9-7-11)24-16-10-15(22(27)28)19(23)18-17(16)20(25)13-4-2-3-5-14(13)21(18)26/h2-10,24H,23H2,1H3,(H,27,28). The molecule has 1 aliphatic rings. The molecule has 138 valence electrons. The van der Waals surface area contributed by atoms with E-state index >= 15 is 0 Å². The molecule has 0 unspecified atom stereocenters. The maximum atomic E-state index is 13.2. The van der Waals surface area contributed by atoms with Gasteiger partial charge in [-0.15, -0.1) is 0 Å². The van der Waals surface area contributed by atoms with E-state index in [1.54, 1.807) is 24.3 Å². The number of hydrogen-bond acceptors (Lipinski definition) is 5. The van der Waals surface area contributed by atoms with Crippen LogP contribution in [0.1, 0.15) is 47.8 Å². The Kier molecular flexibility index (Phi) is 3.96. The molecule has 0 atom stereocenters. The fourth-order valence-corrected chi connectivity index (χ4v) is 3.39. The number of benzene rings is 3. The van der Waals surface area contributed by atoms with Crippen molar-refractivity contribution in [2.75, 3.05) is 11.1 Å². The fourth-order valence-electron chi connectivity index (χ4n) is 3.39. The molecule has 0 saturated carbocycles. The maximum Gasteiger partial charge on any atom is 0.337 e. The molecule has 0 saturated heterocycles. The Hall–Kier alpha value is -3.93. The van der Waals surface area contributed by atoms with E-state index in [1.807, 2.05) is 31.2 Å². The summed E-state index contributed by atoms with van der Waals surface area (Å²) in [6, 6.07) is 15.1. The van der Waals surface area contributed by atoms with Gasteiger partial charge in [0.1, 0.15) is 0 Å². The third-order valence-electron chi connectivity index (χ3n) is 4.80. The highest BCUT2D eigenvalue weighted by atomic mass is 16.4. The lowest BCUT2D eigenvalue weighted by Gasteiger charge is -2.23. The van der Waals surface area contributed by atoms with Crippen LogP contribution < -0.4 is 11.1 Å². The van der Waals surface area contributed by atoms with Gasteiger partial charge in [0.25, 0.3) is 0 Å². The van der Waals surface area contributed by atoms with Crippen molar-refractivity contribution in [3.63, 3.8) is 0 Å². The number of carbonyl (C=O) groups excluding carboxylic acids is 2. The van der Waals surface area contributed by atoms with E-state index in [4.69, 9.17) is 5.73 Å². The SMILES string of the molecule is Cc1ccc(Nc2cc(C(=O)O)c(N)c3c2C(=O)c2ccccc2C3=O)cc1. The number of nitrogens with two attached hydrogens (primary N) is 1. The lowest BCUT2D eigenvalue weighted by Crippen LogP contribution is -2.25. The third-order valence-corrected chi connectivity index (χ3v) is 4.80. The van der Waals surface area contributed by atoms with Gasteiger partial charge in [-0.05, 0) is 25.1 Å². The molecule has 0 fully saturated rings. The Balaban J connectivity index is 1.98. The van der Waals surface area contributed by atoms with Gasteiger partial charge in [-0.1, -0.05) is 42.0 Å². The molecule has 4 rings (SSSR count). The van der Waals surface area contributed by atoms with Crippen molar-refractivity contribution in [3.8, 4) is 0 Å². The Morgan fingerprint density at radius 3 is 2.07 bits per heavy atom. The molecular formula is C22H16N2O4. The van der Waals surface area contributed by atoms with Crippen LogP contribution in [0.25, 0.3) is 0 Å². The highest BCUT2D eigenvalue weighted by Crippen LogP contribution is 2.38. The van der Waals surface area contributed by atoms with Gasteiger partial charge < -0.3 is 16.2 Å². The zero-order chi connectivity index (χ0) is 20.0. The van der Waals surface area contributed by atoms with Gasteiger partial charge in [0.2, 0.25) is 0 Å². The number of carboxylic acid groups (broad SMARTS) is 1. The minimum absolute atomic E-state index is 0.0711. The number of aromatic carboxylic acids is 1. The van der Waals surface area contributed by atoms with E-state index < -0.39 is 11.8 Å². The second-order valence-corrected chi connectivity index (χ2v) is 6.64. The minimum atomic E-state index is -1.27. The van der Waals surface area contributed by atoms with Crippen molar-refractivity contribution in [2.24, 2.45) is 0 Å². The number of carboxylic acids is 1. The van der Waals surface area contributed by atoms with Crippen molar-refractivity contribution in [2.45, 2.75) is 6.92 Å². The first-order valence-electron chi connectivity index (χ1n) is 8.60. The van der Waals surface area contributed by atoms with Gasteiger partial charge in [-0.25, -0.2) is 4.79 Å². The molecule has 4 N–H and O–H groups in total. The van der Waals surface area contributed by atoms with Crippen molar-refractivity contribution in [3.05, 3.63) is 88.0 Å². The van der Waals surface area contributed by atoms with Crippen LogP contribution in [0.5, 0.6) is 0 Å². The van der Waals surface area contributed by atoms with Crippen LogP contribution in [0, 0.1) is 6.92 Å². The van der Waals surface area contributed by atoms with Crippen LogP contribution in [-0.4, -0.2) is 22.6 Å². The summed E-state index contributed by atoms with van der Waals surface area (Å²) in [6.07, 6.45) is 0. The molecule has 28 heavy (non-hydrogen) atoms. The van der Waals surface area contributed by atoms with Gasteiger partial charge >= 0.3 is 5.97 Å². The first-order chi connectivity index (χ1) is 13.4. The van der Waals surface area contributed by atoms with Crippen molar-refractivity contribution in [1.82, 2.24) is 0 Å². The van der Waals surface area contributed by atoms with Gasteiger partial charge in [-0.3, -0.25) is 9.59 Å². The molecule has 3 aromatic rings.